The highest BCUT2D eigenvalue weighted by atomic mass is 32.1. The molecule has 0 unspecified atom stereocenters. The third-order valence-electron chi connectivity index (χ3n) is 1.99. The van der Waals surface area contributed by atoms with Crippen LogP contribution < -0.4 is 5.32 Å². The van der Waals surface area contributed by atoms with Crippen LogP contribution in [0.5, 0.6) is 0 Å². The van der Waals surface area contributed by atoms with E-state index < -0.39 is 0 Å². The first-order valence-corrected chi connectivity index (χ1v) is 6.34. The molecule has 3 heteroatoms. The lowest BCUT2D eigenvalue weighted by atomic mass is 10.1. The normalized spacial score (nSPS) is 11.7. The van der Waals surface area contributed by atoms with Crippen LogP contribution in [0.3, 0.4) is 0 Å². The number of thiophene rings is 1. The van der Waals surface area contributed by atoms with Gasteiger partial charge in [0.25, 0.3) is 0 Å². The molecule has 0 fully saturated rings. The zero-order valence-electron chi connectivity index (χ0n) is 10.4. The molecule has 0 saturated carbocycles. The smallest absolute Gasteiger partial charge is 0.0813 e. The van der Waals surface area contributed by atoms with Crippen molar-refractivity contribution in [2.24, 2.45) is 0 Å². The van der Waals surface area contributed by atoms with Gasteiger partial charge in [-0.25, -0.2) is 0 Å². The molecule has 0 saturated heterocycles. The molecule has 0 bridgehead atoms. The van der Waals surface area contributed by atoms with Crippen molar-refractivity contribution >= 4 is 11.3 Å². The topological polar surface area (TPSA) is 21.3 Å². The quantitative estimate of drug-likeness (QED) is 0.607. The van der Waals surface area contributed by atoms with Crippen LogP contribution in [0.4, 0.5) is 0 Å². The molecule has 1 N–H and O–H groups in total. The van der Waals surface area contributed by atoms with Gasteiger partial charge in [0.05, 0.1) is 13.2 Å². The van der Waals surface area contributed by atoms with Gasteiger partial charge in [0.1, 0.15) is 0 Å². The predicted molar refractivity (Wildman–Crippen MR) is 70.8 cm³/mol. The molecule has 0 amide bonds. The zero-order valence-corrected chi connectivity index (χ0v) is 11.2. The number of hydrogen-bond acceptors (Lipinski definition) is 3. The van der Waals surface area contributed by atoms with Gasteiger partial charge in [-0.1, -0.05) is 6.08 Å². The Morgan fingerprint density at radius 2 is 2.06 bits per heavy atom. The molecule has 90 valence electrons. The first-order chi connectivity index (χ1) is 7.51. The molecule has 0 aliphatic rings. The summed E-state index contributed by atoms with van der Waals surface area (Å²) in [5.74, 6) is 0. The Labute approximate surface area is 102 Å². The summed E-state index contributed by atoms with van der Waals surface area (Å²) < 4.78 is 5.40. The Balaban J connectivity index is 2.36. The van der Waals surface area contributed by atoms with Crippen molar-refractivity contribution in [2.45, 2.75) is 39.5 Å². The van der Waals surface area contributed by atoms with Crippen molar-refractivity contribution in [3.63, 3.8) is 0 Å². The van der Waals surface area contributed by atoms with E-state index in [1.165, 1.54) is 9.75 Å². The van der Waals surface area contributed by atoms with Crippen LogP contribution in [0.15, 0.2) is 24.8 Å². The second-order valence-electron chi connectivity index (χ2n) is 4.78. The van der Waals surface area contributed by atoms with Gasteiger partial charge < -0.3 is 10.1 Å². The fourth-order valence-corrected chi connectivity index (χ4v) is 2.09. The minimum atomic E-state index is 0.170. The molecule has 1 heterocycles. The molecular formula is C13H21NOS. The average Bonchev–Trinajstić information content (AvgIpc) is 2.62. The monoisotopic (exact) mass is 239 g/mol. The summed E-state index contributed by atoms with van der Waals surface area (Å²) in [4.78, 5) is 2.62. The highest BCUT2D eigenvalue weighted by Gasteiger charge is 2.09. The first-order valence-electron chi connectivity index (χ1n) is 5.52. The Hall–Kier alpha value is -0.640. The van der Waals surface area contributed by atoms with E-state index in [0.29, 0.717) is 13.2 Å². The number of hydrogen-bond donors (Lipinski definition) is 1. The standard InChI is InChI=1S/C13H21NOS/c1-5-8-15-10-12-7-6-11(16-12)9-14-13(2,3)4/h5-7,14H,1,8-10H2,2-4H3. The van der Waals surface area contributed by atoms with Crippen molar-refractivity contribution < 1.29 is 4.74 Å². The van der Waals surface area contributed by atoms with Crippen LogP contribution in [-0.4, -0.2) is 12.1 Å². The van der Waals surface area contributed by atoms with Gasteiger partial charge in [0.15, 0.2) is 0 Å². The molecule has 0 radical (unpaired) electrons. The maximum Gasteiger partial charge on any atom is 0.0813 e. The second kappa shape index (κ2) is 6.18. The lowest BCUT2D eigenvalue weighted by Gasteiger charge is -2.19. The molecule has 0 atom stereocenters. The van der Waals surface area contributed by atoms with Crippen molar-refractivity contribution in [2.75, 3.05) is 6.61 Å². The first kappa shape index (κ1) is 13.4. The largest absolute Gasteiger partial charge is 0.372 e. The minimum absolute atomic E-state index is 0.170. The Kier molecular flexibility index (Phi) is 5.19. The minimum Gasteiger partial charge on any atom is -0.372 e. The summed E-state index contributed by atoms with van der Waals surface area (Å²) in [6.07, 6.45) is 1.77. The summed E-state index contributed by atoms with van der Waals surface area (Å²) in [5, 5.41) is 3.47. The molecule has 0 aromatic carbocycles. The lowest BCUT2D eigenvalue weighted by molar-refractivity contribution is 0.151. The third kappa shape index (κ3) is 5.45. The Bertz CT molecular complexity index is 325. The summed E-state index contributed by atoms with van der Waals surface area (Å²) >= 11 is 1.80. The van der Waals surface area contributed by atoms with Crippen molar-refractivity contribution in [3.05, 3.63) is 34.5 Å². The molecule has 1 rings (SSSR count). The maximum atomic E-state index is 5.40. The van der Waals surface area contributed by atoms with E-state index in [1.807, 2.05) is 0 Å². The molecule has 0 aliphatic heterocycles. The highest BCUT2D eigenvalue weighted by molar-refractivity contribution is 7.11. The second-order valence-corrected chi connectivity index (χ2v) is 6.03. The Morgan fingerprint density at radius 1 is 1.38 bits per heavy atom. The fourth-order valence-electron chi connectivity index (χ4n) is 1.19. The van der Waals surface area contributed by atoms with Gasteiger partial charge in [-0.3, -0.25) is 0 Å². The van der Waals surface area contributed by atoms with Crippen LogP contribution in [0, 0.1) is 0 Å². The van der Waals surface area contributed by atoms with Crippen molar-refractivity contribution in [1.29, 1.82) is 0 Å². The molecule has 0 aliphatic carbocycles. The van der Waals surface area contributed by atoms with Crippen LogP contribution >= 0.6 is 11.3 Å². The van der Waals surface area contributed by atoms with Gasteiger partial charge in [0.2, 0.25) is 0 Å². The van der Waals surface area contributed by atoms with E-state index in [4.69, 9.17) is 4.74 Å². The number of ether oxygens (including phenoxy) is 1. The van der Waals surface area contributed by atoms with E-state index >= 15 is 0 Å². The summed E-state index contributed by atoms with van der Waals surface area (Å²) in [6, 6.07) is 4.30. The molecule has 16 heavy (non-hydrogen) atoms. The Morgan fingerprint density at radius 3 is 2.69 bits per heavy atom. The molecule has 0 spiro atoms. The van der Waals surface area contributed by atoms with Gasteiger partial charge in [-0.2, -0.15) is 0 Å². The van der Waals surface area contributed by atoms with Crippen LogP contribution in [0.25, 0.3) is 0 Å². The van der Waals surface area contributed by atoms with Gasteiger partial charge in [0, 0.05) is 21.8 Å². The zero-order chi connectivity index (χ0) is 12.0. The lowest BCUT2D eigenvalue weighted by Crippen LogP contribution is -2.34. The molecular weight excluding hydrogens is 218 g/mol. The number of rotatable bonds is 6. The summed E-state index contributed by atoms with van der Waals surface area (Å²) in [5.41, 5.74) is 0.170. The van der Waals surface area contributed by atoms with Crippen LogP contribution in [0.2, 0.25) is 0 Å². The molecule has 1 aromatic heterocycles. The van der Waals surface area contributed by atoms with Crippen molar-refractivity contribution in [1.82, 2.24) is 5.32 Å². The van der Waals surface area contributed by atoms with Gasteiger partial charge in [-0.05, 0) is 32.9 Å². The van der Waals surface area contributed by atoms with E-state index in [-0.39, 0.29) is 5.54 Å². The van der Waals surface area contributed by atoms with E-state index in [9.17, 15) is 0 Å². The van der Waals surface area contributed by atoms with Crippen molar-refractivity contribution in [3.8, 4) is 0 Å². The average molecular weight is 239 g/mol. The maximum absolute atomic E-state index is 5.40. The summed E-state index contributed by atoms with van der Waals surface area (Å²) in [6.45, 7) is 12.4. The number of nitrogens with one attached hydrogen (secondary N) is 1. The van der Waals surface area contributed by atoms with Gasteiger partial charge >= 0.3 is 0 Å². The van der Waals surface area contributed by atoms with Crippen LogP contribution in [-0.2, 0) is 17.9 Å². The van der Waals surface area contributed by atoms with E-state index in [0.717, 1.165) is 6.54 Å². The SMILES string of the molecule is C=CCOCc1ccc(CNC(C)(C)C)s1. The van der Waals surface area contributed by atoms with Crippen LogP contribution in [0.1, 0.15) is 30.5 Å². The highest BCUT2D eigenvalue weighted by Crippen LogP contribution is 2.18. The van der Waals surface area contributed by atoms with E-state index in [1.54, 1.807) is 17.4 Å². The summed E-state index contributed by atoms with van der Waals surface area (Å²) in [7, 11) is 0. The third-order valence-corrected chi connectivity index (χ3v) is 3.05. The predicted octanol–water partition coefficient (Wildman–Crippen LogP) is 3.34. The fraction of sp³-hybridized carbons (Fsp3) is 0.538. The molecule has 2 nitrogen and oxygen atoms in total. The molecule has 1 aromatic rings. The van der Waals surface area contributed by atoms with E-state index in [2.05, 4.69) is 44.8 Å². The van der Waals surface area contributed by atoms with Gasteiger partial charge in [-0.15, -0.1) is 17.9 Å².